The molecule has 6 rings (SSSR count). The molecule has 1 spiro atoms. The topological polar surface area (TPSA) is 114 Å². The third-order valence-electron chi connectivity index (χ3n) is 10.9. The molecule has 5 saturated carbocycles. The third kappa shape index (κ3) is 1.61. The summed E-state index contributed by atoms with van der Waals surface area (Å²) in [5, 5.41) is 59.4. The van der Waals surface area contributed by atoms with Crippen LogP contribution in [0.5, 0.6) is 0 Å². The molecule has 7 heteroatoms. The number of nitrogens with zero attached hydrogens (tertiary/aromatic N) is 1. The molecule has 29 heavy (non-hydrogen) atoms. The Morgan fingerprint density at radius 2 is 1.83 bits per heavy atom. The Bertz CT molecular complexity index is 766. The van der Waals surface area contributed by atoms with Gasteiger partial charge in [0.1, 0.15) is 16.8 Å². The van der Waals surface area contributed by atoms with Crippen molar-refractivity contribution in [1.29, 1.82) is 0 Å². The highest BCUT2D eigenvalue weighted by atomic mass is 16.5. The van der Waals surface area contributed by atoms with Gasteiger partial charge in [-0.15, -0.1) is 0 Å². The fourth-order valence-electron chi connectivity index (χ4n) is 10.1. The Hall–Kier alpha value is -0.280. The van der Waals surface area contributed by atoms with Crippen LogP contribution in [-0.2, 0) is 4.74 Å². The number of hydrogen-bond acceptors (Lipinski definition) is 7. The maximum absolute atomic E-state index is 12.3. The molecule has 1 aliphatic heterocycles. The Labute approximate surface area is 171 Å². The van der Waals surface area contributed by atoms with Gasteiger partial charge in [-0.2, -0.15) is 0 Å². The predicted octanol–water partition coefficient (Wildman–Crippen LogP) is -0.520. The summed E-state index contributed by atoms with van der Waals surface area (Å²) < 4.78 is 5.66. The molecule has 1 saturated heterocycles. The molecule has 7 nitrogen and oxygen atoms in total. The van der Waals surface area contributed by atoms with E-state index in [0.717, 1.165) is 13.0 Å². The average molecular weight is 410 g/mol. The number of likely N-dealkylation sites (N-methyl/N-ethyl adjacent to an activating group) is 1. The molecule has 12 unspecified atom stereocenters. The van der Waals surface area contributed by atoms with Crippen molar-refractivity contribution >= 4 is 0 Å². The van der Waals surface area contributed by atoms with Gasteiger partial charge in [0.05, 0.1) is 24.4 Å². The van der Waals surface area contributed by atoms with Crippen LogP contribution in [0.15, 0.2) is 0 Å². The Morgan fingerprint density at radius 1 is 1.10 bits per heavy atom. The second kappa shape index (κ2) is 5.20. The van der Waals surface area contributed by atoms with E-state index in [9.17, 15) is 25.5 Å². The van der Waals surface area contributed by atoms with Gasteiger partial charge in [-0.1, -0.05) is 13.8 Å². The van der Waals surface area contributed by atoms with E-state index in [1.807, 2.05) is 0 Å². The monoisotopic (exact) mass is 409 g/mol. The van der Waals surface area contributed by atoms with Crippen molar-refractivity contribution in [3.8, 4) is 0 Å². The van der Waals surface area contributed by atoms with Gasteiger partial charge in [0, 0.05) is 37.3 Å². The number of methoxy groups -OCH3 is 1. The van der Waals surface area contributed by atoms with Crippen LogP contribution >= 0.6 is 0 Å². The molecule has 1 heterocycles. The summed E-state index contributed by atoms with van der Waals surface area (Å²) in [6.07, 6.45) is 0.207. The van der Waals surface area contributed by atoms with Crippen LogP contribution in [0, 0.1) is 28.6 Å². The Morgan fingerprint density at radius 3 is 2.48 bits per heavy atom. The molecular formula is C22H35NO6. The first-order chi connectivity index (χ1) is 13.6. The van der Waals surface area contributed by atoms with Crippen molar-refractivity contribution in [2.45, 2.75) is 87.1 Å². The fraction of sp³-hybridized carbons (Fsp3) is 1.00. The average Bonchev–Trinajstić information content (AvgIpc) is 3.04. The van der Waals surface area contributed by atoms with E-state index in [-0.39, 0.29) is 23.7 Å². The molecule has 0 amide bonds. The van der Waals surface area contributed by atoms with E-state index < -0.39 is 52.5 Å². The Kier molecular flexibility index (Phi) is 3.48. The van der Waals surface area contributed by atoms with E-state index >= 15 is 0 Å². The first-order valence-corrected chi connectivity index (χ1v) is 11.4. The van der Waals surface area contributed by atoms with Crippen LogP contribution in [0.3, 0.4) is 0 Å². The summed E-state index contributed by atoms with van der Waals surface area (Å²) in [4.78, 5) is 2.25. The summed E-state index contributed by atoms with van der Waals surface area (Å²) in [5.41, 5.74) is -6.12. The summed E-state index contributed by atoms with van der Waals surface area (Å²) in [6, 6.07) is -0.426. The van der Waals surface area contributed by atoms with Crippen molar-refractivity contribution in [3.63, 3.8) is 0 Å². The van der Waals surface area contributed by atoms with Gasteiger partial charge in [0.25, 0.3) is 0 Å². The molecule has 12 atom stereocenters. The van der Waals surface area contributed by atoms with E-state index in [4.69, 9.17) is 4.74 Å². The van der Waals surface area contributed by atoms with Crippen molar-refractivity contribution in [2.24, 2.45) is 28.6 Å². The molecule has 5 N–H and O–H groups in total. The van der Waals surface area contributed by atoms with Crippen LogP contribution in [0.4, 0.5) is 0 Å². The number of likely N-dealkylation sites (tertiary alicyclic amines) is 1. The van der Waals surface area contributed by atoms with Crippen molar-refractivity contribution < 1.29 is 30.3 Å². The SMILES string of the molecule is CCN1CC2(C)CCC(O)C34C2CC(O)(C13)C1(O)CC(OC)C2CC4C1(O)C2O. The summed E-state index contributed by atoms with van der Waals surface area (Å²) in [5.74, 6) is -0.766. The first kappa shape index (κ1) is 19.4. The third-order valence-corrected chi connectivity index (χ3v) is 10.9. The van der Waals surface area contributed by atoms with Crippen molar-refractivity contribution in [2.75, 3.05) is 20.2 Å². The molecule has 7 bridgehead atoms. The largest absolute Gasteiger partial charge is 0.392 e. The zero-order chi connectivity index (χ0) is 20.8. The number of aliphatic hydroxyl groups is 5. The fourth-order valence-corrected chi connectivity index (χ4v) is 10.1. The molecule has 6 aliphatic rings. The lowest BCUT2D eigenvalue weighted by molar-refractivity contribution is -0.364. The van der Waals surface area contributed by atoms with E-state index in [0.29, 0.717) is 25.8 Å². The first-order valence-electron chi connectivity index (χ1n) is 11.4. The molecule has 0 radical (unpaired) electrons. The molecule has 0 aromatic carbocycles. The number of hydrogen-bond donors (Lipinski definition) is 5. The molecule has 164 valence electrons. The van der Waals surface area contributed by atoms with Crippen molar-refractivity contribution in [3.05, 3.63) is 0 Å². The highest BCUT2D eigenvalue weighted by Gasteiger charge is 2.91. The number of aliphatic hydroxyl groups excluding tert-OH is 2. The minimum absolute atomic E-state index is 0.00662. The maximum atomic E-state index is 12.3. The van der Waals surface area contributed by atoms with Crippen LogP contribution < -0.4 is 0 Å². The van der Waals surface area contributed by atoms with Gasteiger partial charge in [0.15, 0.2) is 0 Å². The molecule has 0 aromatic rings. The van der Waals surface area contributed by atoms with E-state index in [2.05, 4.69) is 18.7 Å². The number of fused-ring (bicyclic) bond motifs is 2. The second-order valence-corrected chi connectivity index (χ2v) is 11.4. The predicted molar refractivity (Wildman–Crippen MR) is 103 cm³/mol. The lowest BCUT2D eigenvalue weighted by Gasteiger charge is -2.71. The zero-order valence-corrected chi connectivity index (χ0v) is 17.6. The quantitative estimate of drug-likeness (QED) is 0.417. The van der Waals surface area contributed by atoms with Gasteiger partial charge >= 0.3 is 0 Å². The lowest BCUT2D eigenvalue weighted by atomic mass is 9.41. The standard InChI is InChI=1S/C22H35NO6/c1-4-23-10-18(2)6-5-15(24)21-13-7-11-12(29-3)8-20(27,22(13,28)16(11)25)19(26,17(21)23)9-14(18)21/h11-17,24-28H,4-10H2,1-3H3. The van der Waals surface area contributed by atoms with Crippen LogP contribution in [0.2, 0.25) is 0 Å². The number of ether oxygens (including phenoxy) is 1. The zero-order valence-electron chi connectivity index (χ0n) is 17.6. The number of piperidine rings is 1. The van der Waals surface area contributed by atoms with Gasteiger partial charge in [0.2, 0.25) is 0 Å². The Balaban J connectivity index is 1.67. The normalized spacial score (nSPS) is 67.7. The summed E-state index contributed by atoms with van der Waals surface area (Å²) in [7, 11) is 1.57. The summed E-state index contributed by atoms with van der Waals surface area (Å²) in [6.45, 7) is 5.86. The van der Waals surface area contributed by atoms with Gasteiger partial charge in [-0.05, 0) is 43.6 Å². The van der Waals surface area contributed by atoms with Crippen LogP contribution in [0.25, 0.3) is 0 Å². The van der Waals surface area contributed by atoms with Gasteiger partial charge in [-0.25, -0.2) is 0 Å². The van der Waals surface area contributed by atoms with Gasteiger partial charge < -0.3 is 30.3 Å². The second-order valence-electron chi connectivity index (χ2n) is 11.4. The van der Waals surface area contributed by atoms with Crippen molar-refractivity contribution in [1.82, 2.24) is 4.90 Å². The molecular weight excluding hydrogens is 374 g/mol. The van der Waals surface area contributed by atoms with Gasteiger partial charge in [-0.3, -0.25) is 4.90 Å². The minimum Gasteiger partial charge on any atom is -0.392 e. The highest BCUT2D eigenvalue weighted by Crippen LogP contribution is 2.80. The molecule has 6 fully saturated rings. The molecule has 0 aromatic heterocycles. The van der Waals surface area contributed by atoms with E-state index in [1.165, 1.54) is 0 Å². The summed E-state index contributed by atoms with van der Waals surface area (Å²) >= 11 is 0. The minimum atomic E-state index is -1.87. The lowest BCUT2D eigenvalue weighted by Crippen LogP contribution is -2.87. The number of rotatable bonds is 2. The highest BCUT2D eigenvalue weighted by molar-refractivity contribution is 5.42. The molecule has 5 aliphatic carbocycles. The smallest absolute Gasteiger partial charge is 0.129 e. The maximum Gasteiger partial charge on any atom is 0.129 e. The van der Waals surface area contributed by atoms with E-state index in [1.54, 1.807) is 7.11 Å². The van der Waals surface area contributed by atoms with Crippen LogP contribution in [0.1, 0.15) is 46.0 Å². The van der Waals surface area contributed by atoms with Crippen LogP contribution in [-0.4, -0.2) is 91.8 Å².